The van der Waals surface area contributed by atoms with Crippen molar-refractivity contribution < 1.29 is 18.6 Å². The molecular weight excluding hydrogens is 561 g/mol. The molecule has 6 rings (SSSR count). The second kappa shape index (κ2) is 13.2. The van der Waals surface area contributed by atoms with Crippen LogP contribution in [0.15, 0.2) is 55.0 Å². The number of hydrogen-bond acceptors (Lipinski definition) is 10. The minimum absolute atomic E-state index is 0.153. The summed E-state index contributed by atoms with van der Waals surface area (Å²) in [4.78, 5) is 17.9. The molecule has 10 nitrogen and oxygen atoms in total. The quantitative estimate of drug-likeness (QED) is 0.235. The second-order valence-electron chi connectivity index (χ2n) is 11.8. The predicted molar refractivity (Wildman–Crippen MR) is 171 cm³/mol. The molecule has 0 spiro atoms. The minimum atomic E-state index is -0.463. The lowest BCUT2D eigenvalue weighted by Crippen LogP contribution is -2.45. The van der Waals surface area contributed by atoms with Gasteiger partial charge in [0.05, 0.1) is 36.7 Å². The number of halogens is 1. The number of methoxy groups -OCH3 is 1. The Morgan fingerprint density at radius 2 is 1.80 bits per heavy atom. The molecule has 4 heterocycles. The summed E-state index contributed by atoms with van der Waals surface area (Å²) in [7, 11) is 3.79. The number of ether oxygens (including phenoxy) is 3. The molecule has 44 heavy (non-hydrogen) atoms. The number of likely N-dealkylation sites (tertiary alicyclic amines) is 1. The third-order valence-corrected chi connectivity index (χ3v) is 8.34. The first-order valence-electron chi connectivity index (χ1n) is 15.2. The van der Waals surface area contributed by atoms with E-state index in [9.17, 15) is 0 Å². The second-order valence-corrected chi connectivity index (χ2v) is 11.8. The first-order chi connectivity index (χ1) is 21.4. The minimum Gasteiger partial charge on any atom is -0.495 e. The molecule has 1 unspecified atom stereocenters. The van der Waals surface area contributed by atoms with Gasteiger partial charge in [0.25, 0.3) is 0 Å². The van der Waals surface area contributed by atoms with Crippen molar-refractivity contribution in [3.05, 3.63) is 60.8 Å². The number of piperidine rings is 1. The Morgan fingerprint density at radius 3 is 2.57 bits per heavy atom. The van der Waals surface area contributed by atoms with Gasteiger partial charge >= 0.3 is 0 Å². The van der Waals surface area contributed by atoms with Gasteiger partial charge in [0.1, 0.15) is 41.0 Å². The molecule has 0 amide bonds. The van der Waals surface area contributed by atoms with Gasteiger partial charge in [-0.1, -0.05) is 13.8 Å². The standard InChI is InChI=1S/C33H40FN7O3/c1-21(2)31-19-41(13-14-43-31)32-16-24(7-10-35-32)44-23-5-6-27(26(34)15-23)39-33-25-17-29(38-22-8-11-40(3)12-9-22)30(42-4)18-28(25)36-20-37-33/h5-7,10,15-18,20-22,31,38H,8-9,11-14,19H2,1-4H3,(H,36,37,39). The SMILES string of the molecule is COc1cc2ncnc(Nc3ccc(Oc4ccnc(N5CCOC(C(C)C)C5)c4)cc3F)c2cc1NC1CCN(C)CC1. The molecule has 2 N–H and O–H groups in total. The van der Waals surface area contributed by atoms with Crippen LogP contribution in [-0.2, 0) is 4.74 Å². The fourth-order valence-electron chi connectivity index (χ4n) is 5.69. The molecule has 2 aromatic heterocycles. The Bertz CT molecular complexity index is 1600. The number of pyridine rings is 1. The Hall–Kier alpha value is -4.22. The summed E-state index contributed by atoms with van der Waals surface area (Å²) < 4.78 is 33.0. The van der Waals surface area contributed by atoms with Gasteiger partial charge < -0.3 is 34.6 Å². The number of morpholine rings is 1. The summed E-state index contributed by atoms with van der Waals surface area (Å²) in [6.45, 7) is 8.57. The summed E-state index contributed by atoms with van der Waals surface area (Å²) in [6, 6.07) is 12.6. The van der Waals surface area contributed by atoms with Crippen LogP contribution in [0.4, 0.5) is 27.4 Å². The van der Waals surface area contributed by atoms with Gasteiger partial charge in [-0.25, -0.2) is 19.3 Å². The summed E-state index contributed by atoms with van der Waals surface area (Å²) >= 11 is 0. The van der Waals surface area contributed by atoms with Gasteiger partial charge in [0.15, 0.2) is 0 Å². The summed E-state index contributed by atoms with van der Waals surface area (Å²) in [5, 5.41) is 7.56. The van der Waals surface area contributed by atoms with Gasteiger partial charge in [0, 0.05) is 48.9 Å². The molecule has 2 fully saturated rings. The van der Waals surface area contributed by atoms with Crippen LogP contribution in [0.5, 0.6) is 17.2 Å². The van der Waals surface area contributed by atoms with E-state index < -0.39 is 5.82 Å². The topological polar surface area (TPSA) is 96.9 Å². The molecular formula is C33H40FN7O3. The number of benzene rings is 2. The zero-order chi connectivity index (χ0) is 30.6. The number of rotatable bonds is 9. The zero-order valence-corrected chi connectivity index (χ0v) is 25.7. The molecule has 2 aromatic carbocycles. The number of aromatic nitrogens is 3. The first-order valence-corrected chi connectivity index (χ1v) is 15.2. The highest BCUT2D eigenvalue weighted by Crippen LogP contribution is 2.35. The lowest BCUT2D eigenvalue weighted by Gasteiger charge is -2.35. The van der Waals surface area contributed by atoms with Crippen LogP contribution >= 0.6 is 0 Å². The number of nitrogens with one attached hydrogen (secondary N) is 2. The Kier molecular flexibility index (Phi) is 8.94. The van der Waals surface area contributed by atoms with Crippen LogP contribution in [0.1, 0.15) is 26.7 Å². The largest absolute Gasteiger partial charge is 0.495 e. The van der Waals surface area contributed by atoms with Crippen molar-refractivity contribution in [2.75, 3.05) is 62.5 Å². The van der Waals surface area contributed by atoms with Crippen molar-refractivity contribution in [1.82, 2.24) is 19.9 Å². The molecule has 2 aliphatic rings. The van der Waals surface area contributed by atoms with E-state index in [1.54, 1.807) is 31.5 Å². The number of nitrogens with zero attached hydrogens (tertiary/aromatic N) is 5. The first kappa shape index (κ1) is 29.8. The molecule has 0 aliphatic carbocycles. The molecule has 4 aromatic rings. The van der Waals surface area contributed by atoms with E-state index in [1.807, 2.05) is 18.2 Å². The van der Waals surface area contributed by atoms with E-state index in [0.29, 0.717) is 47.1 Å². The normalized spacial score (nSPS) is 18.0. The maximum absolute atomic E-state index is 15.4. The van der Waals surface area contributed by atoms with Gasteiger partial charge in [-0.05, 0) is 63.2 Å². The number of hydrogen-bond donors (Lipinski definition) is 2. The van der Waals surface area contributed by atoms with Crippen molar-refractivity contribution in [2.45, 2.75) is 38.8 Å². The summed E-state index contributed by atoms with van der Waals surface area (Å²) in [6.07, 6.45) is 5.41. The van der Waals surface area contributed by atoms with Crippen molar-refractivity contribution >= 4 is 33.9 Å². The van der Waals surface area contributed by atoms with E-state index in [-0.39, 0.29) is 11.8 Å². The van der Waals surface area contributed by atoms with Crippen molar-refractivity contribution in [3.8, 4) is 17.2 Å². The van der Waals surface area contributed by atoms with Crippen LogP contribution < -0.4 is 25.0 Å². The highest BCUT2D eigenvalue weighted by Gasteiger charge is 2.24. The Labute approximate surface area is 257 Å². The van der Waals surface area contributed by atoms with Gasteiger partial charge in [-0.2, -0.15) is 0 Å². The summed E-state index contributed by atoms with van der Waals surface area (Å²) in [5.74, 6) is 2.94. The van der Waals surface area contributed by atoms with E-state index in [1.165, 1.54) is 12.4 Å². The van der Waals surface area contributed by atoms with Crippen LogP contribution in [0.2, 0.25) is 0 Å². The monoisotopic (exact) mass is 601 g/mol. The van der Waals surface area contributed by atoms with Gasteiger partial charge in [-0.15, -0.1) is 0 Å². The molecule has 2 saturated heterocycles. The van der Waals surface area contributed by atoms with E-state index in [4.69, 9.17) is 14.2 Å². The van der Waals surface area contributed by atoms with Crippen LogP contribution in [0, 0.1) is 11.7 Å². The van der Waals surface area contributed by atoms with Crippen molar-refractivity contribution in [2.24, 2.45) is 5.92 Å². The fraction of sp³-hybridized carbons (Fsp3) is 0.424. The molecule has 0 saturated carbocycles. The van der Waals surface area contributed by atoms with Crippen molar-refractivity contribution in [3.63, 3.8) is 0 Å². The third kappa shape index (κ3) is 6.79. The molecule has 1 atom stereocenters. The molecule has 0 radical (unpaired) electrons. The smallest absolute Gasteiger partial charge is 0.150 e. The maximum atomic E-state index is 15.4. The van der Waals surface area contributed by atoms with Gasteiger partial charge in [0.2, 0.25) is 0 Å². The van der Waals surface area contributed by atoms with E-state index in [2.05, 4.69) is 56.3 Å². The van der Waals surface area contributed by atoms with E-state index in [0.717, 1.165) is 55.9 Å². The lowest BCUT2D eigenvalue weighted by molar-refractivity contribution is 0.0112. The number of fused-ring (bicyclic) bond motifs is 1. The van der Waals surface area contributed by atoms with Crippen LogP contribution in [0.25, 0.3) is 10.9 Å². The zero-order valence-electron chi connectivity index (χ0n) is 25.7. The van der Waals surface area contributed by atoms with Crippen molar-refractivity contribution in [1.29, 1.82) is 0 Å². The Morgan fingerprint density at radius 1 is 0.977 bits per heavy atom. The van der Waals surface area contributed by atoms with Crippen LogP contribution in [0.3, 0.4) is 0 Å². The van der Waals surface area contributed by atoms with E-state index >= 15 is 4.39 Å². The highest BCUT2D eigenvalue weighted by molar-refractivity contribution is 5.95. The molecule has 2 aliphatic heterocycles. The Balaban J connectivity index is 1.18. The molecule has 232 valence electrons. The molecule has 11 heteroatoms. The predicted octanol–water partition coefficient (Wildman–Crippen LogP) is 6.08. The highest BCUT2D eigenvalue weighted by atomic mass is 19.1. The lowest BCUT2D eigenvalue weighted by atomic mass is 10.0. The van der Waals surface area contributed by atoms with Crippen LogP contribution in [-0.4, -0.2) is 78.9 Å². The average Bonchev–Trinajstić information content (AvgIpc) is 3.03. The number of anilines is 4. The fourth-order valence-corrected chi connectivity index (χ4v) is 5.69. The van der Waals surface area contributed by atoms with Gasteiger partial charge in [-0.3, -0.25) is 0 Å². The summed E-state index contributed by atoms with van der Waals surface area (Å²) in [5.41, 5.74) is 1.84. The third-order valence-electron chi connectivity index (χ3n) is 8.34. The maximum Gasteiger partial charge on any atom is 0.150 e. The average molecular weight is 602 g/mol. The molecule has 0 bridgehead atoms.